The molecule has 1 amide bonds. The number of benzene rings is 1. The maximum absolute atomic E-state index is 12.6. The number of carbonyl (C=O) groups is 1. The molecule has 110 valence electrons. The molecule has 1 aliphatic rings. The second-order valence-corrected chi connectivity index (χ2v) is 5.30. The van der Waals surface area contributed by atoms with Gasteiger partial charge in [0.25, 0.3) is 5.91 Å². The van der Waals surface area contributed by atoms with Crippen molar-refractivity contribution in [3.05, 3.63) is 47.8 Å². The molecule has 3 rings (SSSR count). The number of nitrogens with zero attached hydrogens (tertiary/aromatic N) is 3. The molecule has 1 aromatic heterocycles. The second-order valence-electron chi connectivity index (χ2n) is 5.30. The number of aryl methyl sites for hydroxylation is 1. The maximum Gasteiger partial charge on any atom is 0.274 e. The minimum Gasteiger partial charge on any atom is -0.497 e. The van der Waals surface area contributed by atoms with Gasteiger partial charge in [0.1, 0.15) is 11.4 Å². The summed E-state index contributed by atoms with van der Waals surface area (Å²) in [6, 6.07) is 9.85. The van der Waals surface area contributed by atoms with Gasteiger partial charge in [-0.2, -0.15) is 5.10 Å². The monoisotopic (exact) mass is 285 g/mol. The molecule has 0 unspecified atom stereocenters. The van der Waals surface area contributed by atoms with Crippen LogP contribution in [0, 0.1) is 0 Å². The molecule has 0 saturated carbocycles. The lowest BCUT2D eigenvalue weighted by Crippen LogP contribution is -2.31. The van der Waals surface area contributed by atoms with Crippen molar-refractivity contribution in [1.29, 1.82) is 0 Å². The SMILES string of the molecule is COc1ccc([C@@H]2CCCN2C(=O)c2ccn(C)n2)cc1. The zero-order valence-corrected chi connectivity index (χ0v) is 12.3. The summed E-state index contributed by atoms with van der Waals surface area (Å²) < 4.78 is 6.84. The average molecular weight is 285 g/mol. The molecule has 1 saturated heterocycles. The third-order valence-corrected chi connectivity index (χ3v) is 3.95. The van der Waals surface area contributed by atoms with E-state index in [1.807, 2.05) is 36.2 Å². The Balaban J connectivity index is 1.83. The normalized spacial score (nSPS) is 18.0. The Labute approximate surface area is 124 Å². The van der Waals surface area contributed by atoms with E-state index in [0.29, 0.717) is 5.69 Å². The van der Waals surface area contributed by atoms with E-state index >= 15 is 0 Å². The third-order valence-electron chi connectivity index (χ3n) is 3.95. The van der Waals surface area contributed by atoms with Crippen molar-refractivity contribution >= 4 is 5.91 Å². The fourth-order valence-electron chi connectivity index (χ4n) is 2.86. The van der Waals surface area contributed by atoms with Crippen LogP contribution in [0.25, 0.3) is 0 Å². The second kappa shape index (κ2) is 5.60. The lowest BCUT2D eigenvalue weighted by molar-refractivity contribution is 0.0729. The van der Waals surface area contributed by atoms with Gasteiger partial charge >= 0.3 is 0 Å². The highest BCUT2D eigenvalue weighted by Gasteiger charge is 2.31. The van der Waals surface area contributed by atoms with Crippen LogP contribution in [-0.4, -0.2) is 34.2 Å². The van der Waals surface area contributed by atoms with E-state index in [1.165, 1.54) is 0 Å². The zero-order chi connectivity index (χ0) is 14.8. The topological polar surface area (TPSA) is 47.4 Å². The molecule has 1 fully saturated rings. The minimum absolute atomic E-state index is 0.00826. The van der Waals surface area contributed by atoms with Crippen molar-refractivity contribution in [3.63, 3.8) is 0 Å². The summed E-state index contributed by atoms with van der Waals surface area (Å²) in [6.07, 6.45) is 3.81. The Bertz CT molecular complexity index is 633. The van der Waals surface area contributed by atoms with Crippen molar-refractivity contribution < 1.29 is 9.53 Å². The molecule has 0 aliphatic carbocycles. The summed E-state index contributed by atoms with van der Waals surface area (Å²) in [6.45, 7) is 0.784. The van der Waals surface area contributed by atoms with Crippen molar-refractivity contribution in [2.24, 2.45) is 7.05 Å². The smallest absolute Gasteiger partial charge is 0.274 e. The molecule has 0 N–H and O–H groups in total. The number of carbonyl (C=O) groups excluding carboxylic acids is 1. The van der Waals surface area contributed by atoms with E-state index < -0.39 is 0 Å². The summed E-state index contributed by atoms with van der Waals surface area (Å²) in [5.41, 5.74) is 1.66. The van der Waals surface area contributed by atoms with Crippen molar-refractivity contribution in [2.45, 2.75) is 18.9 Å². The first-order chi connectivity index (χ1) is 10.2. The Morgan fingerprint density at radius 2 is 2.05 bits per heavy atom. The summed E-state index contributed by atoms with van der Waals surface area (Å²) in [5.74, 6) is 0.841. The predicted molar refractivity (Wildman–Crippen MR) is 79.2 cm³/mol. The van der Waals surface area contributed by atoms with Crippen molar-refractivity contribution in [2.75, 3.05) is 13.7 Å². The van der Waals surface area contributed by atoms with Crippen molar-refractivity contribution in [3.8, 4) is 5.75 Å². The molecule has 21 heavy (non-hydrogen) atoms. The molecule has 1 atom stereocenters. The van der Waals surface area contributed by atoms with E-state index in [4.69, 9.17) is 4.74 Å². The van der Waals surface area contributed by atoms with Crippen LogP contribution in [-0.2, 0) is 7.05 Å². The van der Waals surface area contributed by atoms with Crippen LogP contribution < -0.4 is 4.74 Å². The fourth-order valence-corrected chi connectivity index (χ4v) is 2.86. The molecule has 2 aromatic rings. The van der Waals surface area contributed by atoms with Gasteiger partial charge < -0.3 is 9.64 Å². The molecule has 0 bridgehead atoms. The highest BCUT2D eigenvalue weighted by atomic mass is 16.5. The highest BCUT2D eigenvalue weighted by Crippen LogP contribution is 2.33. The van der Waals surface area contributed by atoms with Gasteiger partial charge in [0, 0.05) is 19.8 Å². The van der Waals surface area contributed by atoms with E-state index in [1.54, 1.807) is 24.1 Å². The van der Waals surface area contributed by atoms with Crippen LogP contribution >= 0.6 is 0 Å². The summed E-state index contributed by atoms with van der Waals surface area (Å²) in [7, 11) is 3.48. The van der Waals surface area contributed by atoms with Gasteiger partial charge in [0.15, 0.2) is 0 Å². The lowest BCUT2D eigenvalue weighted by Gasteiger charge is -2.24. The maximum atomic E-state index is 12.6. The number of aromatic nitrogens is 2. The van der Waals surface area contributed by atoms with Gasteiger partial charge in [0.05, 0.1) is 13.2 Å². The molecular weight excluding hydrogens is 266 g/mol. The Morgan fingerprint density at radius 1 is 1.29 bits per heavy atom. The molecule has 1 aromatic carbocycles. The Hall–Kier alpha value is -2.30. The first-order valence-corrected chi connectivity index (χ1v) is 7.13. The van der Waals surface area contributed by atoms with Gasteiger partial charge in [-0.3, -0.25) is 9.48 Å². The zero-order valence-electron chi connectivity index (χ0n) is 12.3. The predicted octanol–water partition coefficient (Wildman–Crippen LogP) is 2.41. The fraction of sp³-hybridized carbons (Fsp3) is 0.375. The lowest BCUT2D eigenvalue weighted by atomic mass is 10.0. The van der Waals surface area contributed by atoms with Crippen LogP contribution in [0.2, 0.25) is 0 Å². The number of amides is 1. The molecular formula is C16H19N3O2. The summed E-state index contributed by atoms with van der Waals surface area (Å²) in [5, 5.41) is 4.22. The van der Waals surface area contributed by atoms with Crippen LogP contribution in [0.4, 0.5) is 0 Å². The number of likely N-dealkylation sites (tertiary alicyclic amines) is 1. The largest absolute Gasteiger partial charge is 0.497 e. The van der Waals surface area contributed by atoms with Gasteiger partial charge in [0.2, 0.25) is 0 Å². The van der Waals surface area contributed by atoms with Crippen LogP contribution in [0.1, 0.15) is 34.9 Å². The van der Waals surface area contributed by atoms with Gasteiger partial charge in [-0.25, -0.2) is 0 Å². The standard InChI is InChI=1S/C16H19N3O2/c1-18-11-9-14(17-18)16(20)19-10-3-4-15(19)12-5-7-13(21-2)8-6-12/h5-9,11,15H,3-4,10H2,1-2H3/t15-/m0/s1. The molecule has 5 heteroatoms. The quantitative estimate of drug-likeness (QED) is 0.870. The van der Waals surface area contributed by atoms with E-state index in [0.717, 1.165) is 30.7 Å². The van der Waals surface area contributed by atoms with E-state index in [2.05, 4.69) is 5.10 Å². The van der Waals surface area contributed by atoms with E-state index in [-0.39, 0.29) is 11.9 Å². The molecule has 0 spiro atoms. The molecule has 5 nitrogen and oxygen atoms in total. The van der Waals surface area contributed by atoms with Crippen LogP contribution in [0.15, 0.2) is 36.5 Å². The average Bonchev–Trinajstić information content (AvgIpc) is 3.15. The van der Waals surface area contributed by atoms with E-state index in [9.17, 15) is 4.79 Å². The van der Waals surface area contributed by atoms with Crippen molar-refractivity contribution in [1.82, 2.24) is 14.7 Å². The van der Waals surface area contributed by atoms with Crippen LogP contribution in [0.3, 0.4) is 0 Å². The third kappa shape index (κ3) is 2.63. The molecule has 0 radical (unpaired) electrons. The number of methoxy groups -OCH3 is 1. The van der Waals surface area contributed by atoms with Gasteiger partial charge in [-0.15, -0.1) is 0 Å². The minimum atomic E-state index is 0.00826. The van der Waals surface area contributed by atoms with Gasteiger partial charge in [-0.1, -0.05) is 12.1 Å². The summed E-state index contributed by atoms with van der Waals surface area (Å²) >= 11 is 0. The Morgan fingerprint density at radius 3 is 2.67 bits per heavy atom. The first-order valence-electron chi connectivity index (χ1n) is 7.13. The molecule has 1 aliphatic heterocycles. The highest BCUT2D eigenvalue weighted by molar-refractivity contribution is 5.92. The Kier molecular flexibility index (Phi) is 3.64. The number of rotatable bonds is 3. The summed E-state index contributed by atoms with van der Waals surface area (Å²) in [4.78, 5) is 14.5. The number of ether oxygens (including phenoxy) is 1. The van der Waals surface area contributed by atoms with Crippen LogP contribution in [0.5, 0.6) is 5.75 Å². The number of hydrogen-bond donors (Lipinski definition) is 0. The first kappa shape index (κ1) is 13.7. The number of hydrogen-bond acceptors (Lipinski definition) is 3. The van der Waals surface area contributed by atoms with Gasteiger partial charge in [-0.05, 0) is 36.6 Å². The molecule has 2 heterocycles.